The van der Waals surface area contributed by atoms with Crippen LogP contribution in [-0.4, -0.2) is 29.0 Å². The van der Waals surface area contributed by atoms with E-state index < -0.39 is 0 Å². The summed E-state index contributed by atoms with van der Waals surface area (Å²) in [5, 5.41) is 9.88. The van der Waals surface area contributed by atoms with Crippen molar-refractivity contribution in [3.63, 3.8) is 0 Å². The van der Waals surface area contributed by atoms with Gasteiger partial charge in [-0.1, -0.05) is 18.2 Å². The predicted molar refractivity (Wildman–Crippen MR) is 102 cm³/mol. The second kappa shape index (κ2) is 8.20. The molecule has 0 aliphatic carbocycles. The monoisotopic (exact) mass is 350 g/mol. The van der Waals surface area contributed by atoms with Crippen molar-refractivity contribution in [1.29, 1.82) is 0 Å². The number of carbonyl (C=O) groups excluding carboxylic acids is 1. The summed E-state index contributed by atoms with van der Waals surface area (Å²) in [5.74, 6) is 0.800. The molecule has 0 aliphatic heterocycles. The van der Waals surface area contributed by atoms with Crippen LogP contribution >= 0.6 is 0 Å². The van der Waals surface area contributed by atoms with E-state index in [-0.39, 0.29) is 6.03 Å². The number of anilines is 1. The third kappa shape index (κ3) is 4.63. The lowest BCUT2D eigenvalue weighted by molar-refractivity contribution is 0.247. The first-order valence-corrected chi connectivity index (χ1v) is 8.47. The number of amides is 2. The minimum Gasteiger partial charge on any atom is -0.492 e. The standard InChI is InChI=1S/C20H22N4O2/c1-15-5-3-8-19(13-15)26-12-11-21-20(25)23-17-6-4-7-18(14-17)24-16(2)9-10-22-24/h3-10,13-14H,11-12H2,1-2H3,(H2,21,23,25). The van der Waals surface area contributed by atoms with Gasteiger partial charge >= 0.3 is 6.03 Å². The quantitative estimate of drug-likeness (QED) is 0.666. The van der Waals surface area contributed by atoms with Crippen molar-refractivity contribution in [2.24, 2.45) is 0 Å². The van der Waals surface area contributed by atoms with E-state index in [1.165, 1.54) is 0 Å². The minimum absolute atomic E-state index is 0.271. The summed E-state index contributed by atoms with van der Waals surface area (Å²) < 4.78 is 7.43. The summed E-state index contributed by atoms with van der Waals surface area (Å²) in [6.45, 7) is 4.81. The van der Waals surface area contributed by atoms with Gasteiger partial charge in [-0.25, -0.2) is 9.48 Å². The Labute approximate surface area is 152 Å². The summed E-state index contributed by atoms with van der Waals surface area (Å²) in [4.78, 5) is 12.0. The zero-order valence-electron chi connectivity index (χ0n) is 14.9. The van der Waals surface area contributed by atoms with E-state index >= 15 is 0 Å². The number of nitrogens with one attached hydrogen (secondary N) is 2. The molecule has 0 saturated carbocycles. The largest absolute Gasteiger partial charge is 0.492 e. The molecule has 134 valence electrons. The highest BCUT2D eigenvalue weighted by Crippen LogP contribution is 2.15. The van der Waals surface area contributed by atoms with Gasteiger partial charge in [-0.15, -0.1) is 0 Å². The van der Waals surface area contributed by atoms with Gasteiger partial charge < -0.3 is 15.4 Å². The van der Waals surface area contributed by atoms with Crippen LogP contribution in [0.1, 0.15) is 11.3 Å². The number of rotatable bonds is 6. The topological polar surface area (TPSA) is 68.2 Å². The number of carbonyl (C=O) groups is 1. The lowest BCUT2D eigenvalue weighted by atomic mass is 10.2. The normalized spacial score (nSPS) is 10.4. The van der Waals surface area contributed by atoms with Crippen LogP contribution in [0.4, 0.5) is 10.5 Å². The number of benzene rings is 2. The number of ether oxygens (including phenoxy) is 1. The van der Waals surface area contributed by atoms with Gasteiger partial charge in [-0.05, 0) is 55.8 Å². The van der Waals surface area contributed by atoms with Crippen LogP contribution in [0.15, 0.2) is 60.8 Å². The van der Waals surface area contributed by atoms with E-state index in [1.807, 2.05) is 73.1 Å². The molecule has 26 heavy (non-hydrogen) atoms. The van der Waals surface area contributed by atoms with Crippen molar-refractivity contribution in [2.45, 2.75) is 13.8 Å². The molecule has 0 bridgehead atoms. The van der Waals surface area contributed by atoms with Crippen LogP contribution < -0.4 is 15.4 Å². The SMILES string of the molecule is Cc1cccc(OCCNC(=O)Nc2cccc(-n3nccc3C)c2)c1. The third-order valence-corrected chi connectivity index (χ3v) is 3.83. The van der Waals surface area contributed by atoms with Crippen LogP contribution in [0.25, 0.3) is 5.69 Å². The van der Waals surface area contributed by atoms with Gasteiger partial charge in [0.2, 0.25) is 0 Å². The molecule has 2 aromatic carbocycles. The molecule has 2 amide bonds. The molecule has 3 rings (SSSR count). The molecule has 1 aromatic heterocycles. The third-order valence-electron chi connectivity index (χ3n) is 3.83. The van der Waals surface area contributed by atoms with E-state index in [0.717, 1.165) is 22.7 Å². The van der Waals surface area contributed by atoms with Crippen LogP contribution in [0.3, 0.4) is 0 Å². The van der Waals surface area contributed by atoms with E-state index in [2.05, 4.69) is 15.7 Å². The van der Waals surface area contributed by atoms with E-state index in [9.17, 15) is 4.79 Å². The summed E-state index contributed by atoms with van der Waals surface area (Å²) in [6, 6.07) is 17.0. The van der Waals surface area contributed by atoms with Gasteiger partial charge in [0.1, 0.15) is 12.4 Å². The van der Waals surface area contributed by atoms with Crippen molar-refractivity contribution in [1.82, 2.24) is 15.1 Å². The van der Waals surface area contributed by atoms with Crippen molar-refractivity contribution >= 4 is 11.7 Å². The Morgan fingerprint density at radius 2 is 1.96 bits per heavy atom. The summed E-state index contributed by atoms with van der Waals surface area (Å²) >= 11 is 0. The number of aromatic nitrogens is 2. The Morgan fingerprint density at radius 1 is 1.12 bits per heavy atom. The zero-order chi connectivity index (χ0) is 18.4. The molecule has 0 unspecified atom stereocenters. The summed E-state index contributed by atoms with van der Waals surface area (Å²) in [7, 11) is 0. The number of aryl methyl sites for hydroxylation is 2. The Bertz CT molecular complexity index is 889. The molecule has 0 atom stereocenters. The molecule has 2 N–H and O–H groups in total. The van der Waals surface area contributed by atoms with Crippen LogP contribution in [-0.2, 0) is 0 Å². The van der Waals surface area contributed by atoms with Gasteiger partial charge in [0.15, 0.2) is 0 Å². The van der Waals surface area contributed by atoms with E-state index in [0.29, 0.717) is 18.8 Å². The van der Waals surface area contributed by atoms with E-state index in [1.54, 1.807) is 6.20 Å². The highest BCUT2D eigenvalue weighted by Gasteiger charge is 2.05. The molecule has 0 fully saturated rings. The molecule has 0 radical (unpaired) electrons. The average molecular weight is 350 g/mol. The second-order valence-corrected chi connectivity index (χ2v) is 5.98. The van der Waals surface area contributed by atoms with Crippen LogP contribution in [0.5, 0.6) is 5.75 Å². The smallest absolute Gasteiger partial charge is 0.319 e. The number of nitrogens with zero attached hydrogens (tertiary/aromatic N) is 2. The fourth-order valence-corrected chi connectivity index (χ4v) is 2.57. The molecule has 1 heterocycles. The predicted octanol–water partition coefficient (Wildman–Crippen LogP) is 3.69. The molecule has 0 spiro atoms. The first-order chi connectivity index (χ1) is 12.6. The molecule has 6 nitrogen and oxygen atoms in total. The van der Waals surface area contributed by atoms with Crippen LogP contribution in [0.2, 0.25) is 0 Å². The molecule has 0 saturated heterocycles. The number of hydrogen-bond donors (Lipinski definition) is 2. The minimum atomic E-state index is -0.271. The average Bonchev–Trinajstić information content (AvgIpc) is 3.05. The van der Waals surface area contributed by atoms with Gasteiger partial charge in [-0.2, -0.15) is 5.10 Å². The van der Waals surface area contributed by atoms with Crippen molar-refractivity contribution < 1.29 is 9.53 Å². The lowest BCUT2D eigenvalue weighted by Gasteiger charge is -2.11. The number of urea groups is 1. The first kappa shape index (κ1) is 17.5. The Morgan fingerprint density at radius 3 is 2.73 bits per heavy atom. The lowest BCUT2D eigenvalue weighted by Crippen LogP contribution is -2.32. The fourth-order valence-electron chi connectivity index (χ4n) is 2.57. The first-order valence-electron chi connectivity index (χ1n) is 8.47. The molecular weight excluding hydrogens is 328 g/mol. The van der Waals surface area contributed by atoms with Gasteiger partial charge in [0.05, 0.1) is 12.2 Å². The summed E-state index contributed by atoms with van der Waals surface area (Å²) in [5.41, 5.74) is 3.77. The van der Waals surface area contributed by atoms with Crippen molar-refractivity contribution in [3.8, 4) is 11.4 Å². The molecule has 3 aromatic rings. The fraction of sp³-hybridized carbons (Fsp3) is 0.200. The highest BCUT2D eigenvalue weighted by molar-refractivity contribution is 5.89. The molecular formula is C20H22N4O2. The van der Waals surface area contributed by atoms with Crippen LogP contribution in [0, 0.1) is 13.8 Å². The zero-order valence-corrected chi connectivity index (χ0v) is 14.9. The van der Waals surface area contributed by atoms with Gasteiger partial charge in [0, 0.05) is 17.6 Å². The summed E-state index contributed by atoms with van der Waals surface area (Å²) in [6.07, 6.45) is 1.75. The Hall–Kier alpha value is -3.28. The van der Waals surface area contributed by atoms with Crippen molar-refractivity contribution in [2.75, 3.05) is 18.5 Å². The van der Waals surface area contributed by atoms with E-state index in [4.69, 9.17) is 4.74 Å². The second-order valence-electron chi connectivity index (χ2n) is 5.98. The maximum absolute atomic E-state index is 12.0. The van der Waals surface area contributed by atoms with Crippen molar-refractivity contribution in [3.05, 3.63) is 72.1 Å². The van der Waals surface area contributed by atoms with Gasteiger partial charge in [-0.3, -0.25) is 0 Å². The Balaban J connectivity index is 1.48. The maximum atomic E-state index is 12.0. The molecule has 0 aliphatic rings. The van der Waals surface area contributed by atoms with Gasteiger partial charge in [0.25, 0.3) is 0 Å². The Kier molecular flexibility index (Phi) is 5.53. The number of hydrogen-bond acceptors (Lipinski definition) is 3. The highest BCUT2D eigenvalue weighted by atomic mass is 16.5. The molecule has 6 heteroatoms. The maximum Gasteiger partial charge on any atom is 0.319 e.